The van der Waals surface area contributed by atoms with Gasteiger partial charge in [0.1, 0.15) is 0 Å². The number of nitrogens with one attached hydrogen (secondary N) is 1. The van der Waals surface area contributed by atoms with E-state index in [1.165, 1.54) is 0 Å². The number of halogens is 3. The van der Waals surface area contributed by atoms with Crippen LogP contribution in [-0.4, -0.2) is 17.0 Å². The zero-order valence-corrected chi connectivity index (χ0v) is 21.9. The van der Waals surface area contributed by atoms with Gasteiger partial charge in [-0.1, -0.05) is 13.8 Å². The summed E-state index contributed by atoms with van der Waals surface area (Å²) in [5.41, 5.74) is 1.80. The Bertz CT molecular complexity index is 582. The molecule has 0 aliphatic carbocycles. The molecule has 2 N–H and O–H groups in total. The molecule has 1 amide bonds. The maximum absolute atomic E-state index is 11.9. The Morgan fingerprint density at radius 3 is 2.30 bits per heavy atom. The number of anilines is 1. The number of carbonyl (C=O) groups excluding carboxylic acids is 1. The fourth-order valence-electron chi connectivity index (χ4n) is 2.01. The third-order valence-corrected chi connectivity index (χ3v) is 6.30. The van der Waals surface area contributed by atoms with E-state index in [1.807, 2.05) is 19.9 Å². The summed E-state index contributed by atoms with van der Waals surface area (Å²) in [6.07, 6.45) is 2.36. The number of carbonyl (C=O) groups is 2. The summed E-state index contributed by atoms with van der Waals surface area (Å²) in [6, 6.07) is 1.99. The van der Waals surface area contributed by atoms with Crippen molar-refractivity contribution in [3.05, 3.63) is 22.3 Å². The standard InChI is InChI=1S/C15H18I3NO3.Na/c1-3-5-12(20)19-14-11(17)7-10(16)9(13(14)18)6-8(4-2)15(21)22;/h7-8H,3-6H2,1-2H3,(H,19,20)(H,21,22);/q;+1. The van der Waals surface area contributed by atoms with E-state index in [0.29, 0.717) is 19.3 Å². The van der Waals surface area contributed by atoms with Crippen LogP contribution in [0.4, 0.5) is 5.69 Å². The second-order valence-electron chi connectivity index (χ2n) is 4.95. The number of benzene rings is 1. The molecule has 1 unspecified atom stereocenters. The Balaban J connectivity index is 0.00000484. The van der Waals surface area contributed by atoms with Gasteiger partial charge in [-0.15, -0.1) is 0 Å². The van der Waals surface area contributed by atoms with Gasteiger partial charge >= 0.3 is 35.5 Å². The number of carboxylic acid groups (broad SMARTS) is 1. The van der Waals surface area contributed by atoms with E-state index < -0.39 is 11.9 Å². The van der Waals surface area contributed by atoms with Crippen LogP contribution in [0.25, 0.3) is 0 Å². The fraction of sp³-hybridized carbons (Fsp3) is 0.467. The van der Waals surface area contributed by atoms with Gasteiger partial charge < -0.3 is 10.4 Å². The number of hydrogen-bond acceptors (Lipinski definition) is 2. The quantitative estimate of drug-likeness (QED) is 0.346. The van der Waals surface area contributed by atoms with Crippen molar-refractivity contribution in [2.24, 2.45) is 5.92 Å². The zero-order chi connectivity index (χ0) is 16.9. The molecule has 0 aliphatic heterocycles. The largest absolute Gasteiger partial charge is 1.00 e. The first-order valence-corrected chi connectivity index (χ1v) is 10.2. The topological polar surface area (TPSA) is 66.4 Å². The summed E-state index contributed by atoms with van der Waals surface area (Å²) < 4.78 is 2.96. The molecule has 0 bridgehead atoms. The minimum Gasteiger partial charge on any atom is -0.481 e. The number of rotatable bonds is 7. The molecule has 0 saturated carbocycles. The molecule has 0 spiro atoms. The van der Waals surface area contributed by atoms with E-state index >= 15 is 0 Å². The molecule has 8 heteroatoms. The molecule has 4 nitrogen and oxygen atoms in total. The van der Waals surface area contributed by atoms with Crippen molar-refractivity contribution in [1.29, 1.82) is 0 Å². The first-order chi connectivity index (χ1) is 10.3. The Labute approximate surface area is 200 Å². The van der Waals surface area contributed by atoms with Gasteiger partial charge in [0.05, 0.1) is 11.6 Å². The predicted octanol–water partition coefficient (Wildman–Crippen LogP) is 1.90. The Morgan fingerprint density at radius 1 is 1.22 bits per heavy atom. The van der Waals surface area contributed by atoms with Crippen LogP contribution in [0, 0.1) is 16.6 Å². The van der Waals surface area contributed by atoms with E-state index in [9.17, 15) is 14.7 Å². The van der Waals surface area contributed by atoms with Crippen LogP contribution in [-0.2, 0) is 16.0 Å². The minimum absolute atomic E-state index is 0. The zero-order valence-electron chi connectivity index (χ0n) is 13.4. The van der Waals surface area contributed by atoms with Crippen LogP contribution < -0.4 is 34.9 Å². The van der Waals surface area contributed by atoms with Gasteiger partial charge in [-0.05, 0) is 98.7 Å². The van der Waals surface area contributed by atoms with Crippen LogP contribution in [0.3, 0.4) is 0 Å². The molecule has 1 aromatic carbocycles. The Hall–Kier alpha value is 1.35. The van der Waals surface area contributed by atoms with Crippen LogP contribution in [0.15, 0.2) is 6.07 Å². The smallest absolute Gasteiger partial charge is 0.481 e. The van der Waals surface area contributed by atoms with E-state index in [4.69, 9.17) is 0 Å². The molecule has 1 rings (SSSR count). The fourth-order valence-corrected chi connectivity index (χ4v) is 6.10. The number of aliphatic carboxylic acids is 1. The molecule has 122 valence electrons. The van der Waals surface area contributed by atoms with E-state index in [2.05, 4.69) is 73.1 Å². The first kappa shape index (κ1) is 24.4. The summed E-state index contributed by atoms with van der Waals surface area (Å²) in [4.78, 5) is 23.2. The van der Waals surface area contributed by atoms with Crippen LogP contribution in [0.1, 0.15) is 38.7 Å². The van der Waals surface area contributed by atoms with E-state index in [-0.39, 0.29) is 35.5 Å². The van der Waals surface area contributed by atoms with Crippen LogP contribution in [0.5, 0.6) is 0 Å². The Morgan fingerprint density at radius 2 is 1.83 bits per heavy atom. The monoisotopic (exact) mass is 664 g/mol. The first-order valence-electron chi connectivity index (χ1n) is 7.00. The summed E-state index contributed by atoms with van der Waals surface area (Å²) >= 11 is 6.65. The molecule has 0 heterocycles. The van der Waals surface area contributed by atoms with Gasteiger partial charge in [0, 0.05) is 17.1 Å². The summed E-state index contributed by atoms with van der Waals surface area (Å²) in [6.45, 7) is 3.85. The van der Waals surface area contributed by atoms with Crippen molar-refractivity contribution in [1.82, 2.24) is 0 Å². The molecular formula is C15H18I3NNaO3+. The molecule has 0 aromatic heterocycles. The normalized spacial score (nSPS) is 11.5. The van der Waals surface area contributed by atoms with Crippen molar-refractivity contribution in [2.45, 2.75) is 39.5 Å². The van der Waals surface area contributed by atoms with Crippen molar-refractivity contribution >= 4 is 85.3 Å². The molecule has 1 aromatic rings. The second-order valence-corrected chi connectivity index (χ2v) is 8.36. The summed E-state index contributed by atoms with van der Waals surface area (Å²) in [5, 5.41) is 12.2. The average Bonchev–Trinajstić information content (AvgIpc) is 2.43. The number of carboxylic acids is 1. The molecule has 0 saturated heterocycles. The maximum Gasteiger partial charge on any atom is 1.00 e. The van der Waals surface area contributed by atoms with Gasteiger partial charge in [-0.2, -0.15) is 0 Å². The molecule has 0 fully saturated rings. The van der Waals surface area contributed by atoms with Crippen molar-refractivity contribution in [2.75, 3.05) is 5.32 Å². The molecular weight excluding hydrogens is 646 g/mol. The number of hydrogen-bond donors (Lipinski definition) is 2. The number of amides is 1. The maximum atomic E-state index is 11.9. The van der Waals surface area contributed by atoms with Crippen LogP contribution >= 0.6 is 67.8 Å². The van der Waals surface area contributed by atoms with E-state index in [1.54, 1.807) is 0 Å². The molecule has 23 heavy (non-hydrogen) atoms. The minimum atomic E-state index is -0.774. The summed E-state index contributed by atoms with van der Waals surface area (Å²) in [7, 11) is 0. The molecule has 0 radical (unpaired) electrons. The third-order valence-electron chi connectivity index (χ3n) is 3.30. The van der Waals surface area contributed by atoms with Crippen molar-refractivity contribution < 1.29 is 44.3 Å². The molecule has 1 atom stereocenters. The van der Waals surface area contributed by atoms with Crippen molar-refractivity contribution in [3.8, 4) is 0 Å². The van der Waals surface area contributed by atoms with Gasteiger partial charge in [0.2, 0.25) is 5.91 Å². The van der Waals surface area contributed by atoms with Crippen LogP contribution in [0.2, 0.25) is 0 Å². The van der Waals surface area contributed by atoms with Gasteiger partial charge in [0.25, 0.3) is 0 Å². The molecule has 0 aliphatic rings. The van der Waals surface area contributed by atoms with Crippen molar-refractivity contribution in [3.63, 3.8) is 0 Å². The SMILES string of the molecule is CCCC(=O)Nc1c(I)cc(I)c(CC(CC)C(=O)O)c1I.[Na+]. The van der Waals surface area contributed by atoms with E-state index in [0.717, 1.165) is 28.4 Å². The average molecular weight is 664 g/mol. The second kappa shape index (κ2) is 11.9. The Kier molecular flexibility index (Phi) is 12.6. The predicted molar refractivity (Wildman–Crippen MR) is 113 cm³/mol. The summed E-state index contributed by atoms with van der Waals surface area (Å²) in [5.74, 6) is -1.18. The van der Waals surface area contributed by atoms with Gasteiger partial charge in [-0.25, -0.2) is 0 Å². The van der Waals surface area contributed by atoms with Gasteiger partial charge in [0.15, 0.2) is 0 Å². The third kappa shape index (κ3) is 7.24. The van der Waals surface area contributed by atoms with Gasteiger partial charge in [-0.3, -0.25) is 9.59 Å².